The van der Waals surface area contributed by atoms with Gasteiger partial charge in [-0.05, 0) is 30.9 Å². The average Bonchev–Trinajstić information content (AvgIpc) is 3.16. The zero-order valence-electron chi connectivity index (χ0n) is 12.0. The molecule has 21 heavy (non-hydrogen) atoms. The van der Waals surface area contributed by atoms with Gasteiger partial charge in [0.25, 0.3) is 11.8 Å². The van der Waals surface area contributed by atoms with Gasteiger partial charge >= 0.3 is 0 Å². The second kappa shape index (κ2) is 6.43. The standard InChI is InChI=1S/C14H19N3O4/c1-8(2)11(15-13(19)10-4-3-7-21-10)14(20)17-16-12(18)9-5-6-9/h3-4,7-9,11H,5-6H2,1-2H3,(H,15,19)(H,16,18)(H,17,20). The summed E-state index contributed by atoms with van der Waals surface area (Å²) < 4.78 is 4.98. The number of hydrogen-bond donors (Lipinski definition) is 3. The van der Waals surface area contributed by atoms with Gasteiger partial charge in [0.15, 0.2) is 5.76 Å². The molecule has 0 spiro atoms. The molecule has 2 rings (SSSR count). The van der Waals surface area contributed by atoms with E-state index in [1.165, 1.54) is 12.3 Å². The van der Waals surface area contributed by atoms with E-state index in [-0.39, 0.29) is 23.5 Å². The summed E-state index contributed by atoms with van der Waals surface area (Å²) in [5, 5.41) is 2.59. The van der Waals surface area contributed by atoms with Crippen LogP contribution < -0.4 is 16.2 Å². The van der Waals surface area contributed by atoms with Crippen molar-refractivity contribution in [2.75, 3.05) is 0 Å². The van der Waals surface area contributed by atoms with Gasteiger partial charge in [0, 0.05) is 5.92 Å². The minimum absolute atomic E-state index is 0.000472. The van der Waals surface area contributed by atoms with E-state index in [2.05, 4.69) is 16.2 Å². The van der Waals surface area contributed by atoms with Crippen LogP contribution in [0.2, 0.25) is 0 Å². The average molecular weight is 293 g/mol. The number of hydrazine groups is 1. The van der Waals surface area contributed by atoms with Gasteiger partial charge in [0.2, 0.25) is 5.91 Å². The lowest BCUT2D eigenvalue weighted by molar-refractivity contribution is -0.131. The third kappa shape index (κ3) is 4.08. The number of furan rings is 1. The summed E-state index contributed by atoms with van der Waals surface area (Å²) in [6.45, 7) is 3.60. The molecular weight excluding hydrogens is 274 g/mol. The van der Waals surface area contributed by atoms with Crippen molar-refractivity contribution in [3.63, 3.8) is 0 Å². The Morgan fingerprint density at radius 1 is 1.24 bits per heavy atom. The number of carbonyl (C=O) groups excluding carboxylic acids is 3. The Morgan fingerprint density at radius 3 is 2.48 bits per heavy atom. The molecule has 1 heterocycles. The predicted molar refractivity (Wildman–Crippen MR) is 73.8 cm³/mol. The molecule has 3 amide bonds. The first-order chi connectivity index (χ1) is 9.99. The molecule has 0 bridgehead atoms. The molecule has 1 saturated carbocycles. The molecule has 0 aromatic carbocycles. The molecule has 1 fully saturated rings. The molecule has 7 heteroatoms. The summed E-state index contributed by atoms with van der Waals surface area (Å²) in [5.41, 5.74) is 4.73. The van der Waals surface area contributed by atoms with Crippen molar-refractivity contribution in [2.24, 2.45) is 11.8 Å². The zero-order chi connectivity index (χ0) is 15.4. The van der Waals surface area contributed by atoms with Crippen LogP contribution in [0.1, 0.15) is 37.2 Å². The number of carbonyl (C=O) groups is 3. The molecule has 1 aliphatic carbocycles. The van der Waals surface area contributed by atoms with Crippen LogP contribution in [0, 0.1) is 11.8 Å². The molecule has 1 aromatic heterocycles. The fourth-order valence-electron chi connectivity index (χ4n) is 1.80. The van der Waals surface area contributed by atoms with E-state index >= 15 is 0 Å². The minimum atomic E-state index is -0.762. The van der Waals surface area contributed by atoms with Gasteiger partial charge in [-0.3, -0.25) is 25.2 Å². The van der Waals surface area contributed by atoms with Crippen molar-refractivity contribution >= 4 is 17.7 Å². The van der Waals surface area contributed by atoms with Gasteiger partial charge in [0.05, 0.1) is 6.26 Å². The maximum Gasteiger partial charge on any atom is 0.287 e. The summed E-state index contributed by atoms with van der Waals surface area (Å²) >= 11 is 0. The monoisotopic (exact) mass is 293 g/mol. The first-order valence-corrected chi connectivity index (χ1v) is 6.93. The van der Waals surface area contributed by atoms with E-state index in [9.17, 15) is 14.4 Å². The van der Waals surface area contributed by atoms with Crippen molar-refractivity contribution in [1.29, 1.82) is 0 Å². The second-order valence-corrected chi connectivity index (χ2v) is 5.43. The van der Waals surface area contributed by atoms with Gasteiger partial charge in [-0.25, -0.2) is 0 Å². The Morgan fingerprint density at radius 2 is 1.95 bits per heavy atom. The van der Waals surface area contributed by atoms with Crippen molar-refractivity contribution in [3.8, 4) is 0 Å². The lowest BCUT2D eigenvalue weighted by Gasteiger charge is -2.21. The van der Waals surface area contributed by atoms with Gasteiger partial charge in [-0.15, -0.1) is 0 Å². The lowest BCUT2D eigenvalue weighted by atomic mass is 10.0. The first kappa shape index (κ1) is 15.1. The first-order valence-electron chi connectivity index (χ1n) is 6.93. The van der Waals surface area contributed by atoms with Gasteiger partial charge in [-0.1, -0.05) is 13.8 Å². The SMILES string of the molecule is CC(C)C(NC(=O)c1ccco1)C(=O)NNC(=O)C1CC1. The van der Waals surface area contributed by atoms with E-state index in [0.29, 0.717) is 0 Å². The molecule has 0 aliphatic heterocycles. The van der Waals surface area contributed by atoms with Crippen LogP contribution in [0.5, 0.6) is 0 Å². The predicted octanol–water partition coefficient (Wildman–Crippen LogP) is 0.591. The van der Waals surface area contributed by atoms with Crippen LogP contribution >= 0.6 is 0 Å². The largest absolute Gasteiger partial charge is 0.459 e. The van der Waals surface area contributed by atoms with Crippen molar-refractivity contribution in [2.45, 2.75) is 32.7 Å². The lowest BCUT2D eigenvalue weighted by Crippen LogP contribution is -2.54. The number of hydrogen-bond acceptors (Lipinski definition) is 4. The third-order valence-corrected chi connectivity index (χ3v) is 3.24. The smallest absolute Gasteiger partial charge is 0.287 e. The Bertz CT molecular complexity index is 520. The Labute approximate surface area is 122 Å². The fourth-order valence-corrected chi connectivity index (χ4v) is 1.80. The summed E-state index contributed by atoms with van der Waals surface area (Å²) in [6.07, 6.45) is 3.09. The summed E-state index contributed by atoms with van der Waals surface area (Å²) in [4.78, 5) is 35.5. The van der Waals surface area contributed by atoms with Crippen LogP contribution in [0.15, 0.2) is 22.8 Å². The van der Waals surface area contributed by atoms with Crippen LogP contribution in [-0.4, -0.2) is 23.8 Å². The zero-order valence-corrected chi connectivity index (χ0v) is 12.0. The molecule has 1 aliphatic rings. The van der Waals surface area contributed by atoms with Crippen molar-refractivity contribution < 1.29 is 18.8 Å². The normalized spacial score (nSPS) is 15.4. The van der Waals surface area contributed by atoms with Crippen LogP contribution in [0.3, 0.4) is 0 Å². The molecule has 3 N–H and O–H groups in total. The maximum atomic E-state index is 12.1. The van der Waals surface area contributed by atoms with E-state index in [4.69, 9.17) is 4.42 Å². The molecule has 7 nitrogen and oxygen atoms in total. The molecule has 0 radical (unpaired) electrons. The quantitative estimate of drug-likeness (QED) is 0.692. The Balaban J connectivity index is 1.89. The Hall–Kier alpha value is -2.31. The molecule has 114 valence electrons. The van der Waals surface area contributed by atoms with E-state index in [1.807, 2.05) is 0 Å². The van der Waals surface area contributed by atoms with Gasteiger partial charge in [0.1, 0.15) is 6.04 Å². The van der Waals surface area contributed by atoms with Crippen molar-refractivity contribution in [3.05, 3.63) is 24.2 Å². The Kier molecular flexibility index (Phi) is 4.62. The summed E-state index contributed by atoms with van der Waals surface area (Å²) in [7, 11) is 0. The number of rotatable bonds is 5. The van der Waals surface area contributed by atoms with Gasteiger partial charge < -0.3 is 9.73 Å². The molecule has 1 atom stereocenters. The number of nitrogens with one attached hydrogen (secondary N) is 3. The highest BCUT2D eigenvalue weighted by Gasteiger charge is 2.31. The molecule has 1 unspecified atom stereocenters. The van der Waals surface area contributed by atoms with E-state index in [0.717, 1.165) is 12.8 Å². The highest BCUT2D eigenvalue weighted by atomic mass is 16.3. The van der Waals surface area contributed by atoms with Crippen LogP contribution in [0.4, 0.5) is 0 Å². The van der Waals surface area contributed by atoms with E-state index < -0.39 is 17.9 Å². The number of amides is 3. The molecule has 0 saturated heterocycles. The third-order valence-electron chi connectivity index (χ3n) is 3.24. The molecule has 1 aromatic rings. The van der Waals surface area contributed by atoms with E-state index in [1.54, 1.807) is 19.9 Å². The van der Waals surface area contributed by atoms with Crippen LogP contribution in [0.25, 0.3) is 0 Å². The second-order valence-electron chi connectivity index (χ2n) is 5.43. The minimum Gasteiger partial charge on any atom is -0.459 e. The highest BCUT2D eigenvalue weighted by molar-refractivity contribution is 5.96. The van der Waals surface area contributed by atoms with Crippen molar-refractivity contribution in [1.82, 2.24) is 16.2 Å². The topological polar surface area (TPSA) is 100 Å². The maximum absolute atomic E-state index is 12.1. The fraction of sp³-hybridized carbons (Fsp3) is 0.500. The summed E-state index contributed by atoms with van der Waals surface area (Å²) in [5.74, 6) is -1.12. The summed E-state index contributed by atoms with van der Waals surface area (Å²) in [6, 6.07) is 2.34. The van der Waals surface area contributed by atoms with Crippen LogP contribution in [-0.2, 0) is 9.59 Å². The highest BCUT2D eigenvalue weighted by Crippen LogP contribution is 2.28. The molecular formula is C14H19N3O4. The van der Waals surface area contributed by atoms with Gasteiger partial charge in [-0.2, -0.15) is 0 Å².